The minimum Gasteiger partial charge on any atom is -0.444 e. The molecule has 0 aromatic carbocycles. The average molecular weight is 403 g/mol. The number of carbonyl (C=O) groups is 1. The Morgan fingerprint density at radius 1 is 1.26 bits per heavy atom. The molecule has 0 aromatic rings. The first kappa shape index (κ1) is 24.4. The molecule has 0 unspecified atom stereocenters. The van der Waals surface area contributed by atoms with Crippen molar-refractivity contribution >= 4 is 14.4 Å². The zero-order valence-corrected chi connectivity index (χ0v) is 20.3. The lowest BCUT2D eigenvalue weighted by Gasteiger charge is -2.45. The van der Waals surface area contributed by atoms with Gasteiger partial charge >= 0.3 is 6.09 Å². The summed E-state index contributed by atoms with van der Waals surface area (Å²) in [7, 11) is -2.06. The van der Waals surface area contributed by atoms with E-state index in [1.165, 1.54) is 0 Å². The van der Waals surface area contributed by atoms with Gasteiger partial charge in [-0.05, 0) is 65.2 Å². The van der Waals surface area contributed by atoms with E-state index in [0.29, 0.717) is 13.2 Å². The predicted molar refractivity (Wildman–Crippen MR) is 112 cm³/mol. The molecule has 6 nitrogen and oxygen atoms in total. The molecule has 0 radical (unpaired) electrons. The number of nitrogens with zero attached hydrogens (tertiary/aromatic N) is 1. The number of carbonyl (C=O) groups excluding carboxylic acids is 1. The summed E-state index contributed by atoms with van der Waals surface area (Å²) in [6, 6.07) is -0.234. The largest absolute Gasteiger partial charge is 0.444 e. The molecule has 0 aliphatic carbocycles. The molecule has 160 valence electrons. The fraction of sp³-hybridized carbons (Fsp3) is 0.950. The number of amides is 1. The quantitative estimate of drug-likeness (QED) is 0.692. The summed E-state index contributed by atoms with van der Waals surface area (Å²) in [5, 5.41) is 0.0608. The van der Waals surface area contributed by atoms with E-state index in [4.69, 9.17) is 19.6 Å². The van der Waals surface area contributed by atoms with Crippen molar-refractivity contribution in [3.8, 4) is 0 Å². The maximum absolute atomic E-state index is 13.0. The van der Waals surface area contributed by atoms with E-state index in [-0.39, 0.29) is 29.2 Å². The highest BCUT2D eigenvalue weighted by molar-refractivity contribution is 6.74. The maximum Gasteiger partial charge on any atom is 0.412 e. The fourth-order valence-electron chi connectivity index (χ4n) is 2.97. The summed E-state index contributed by atoms with van der Waals surface area (Å²) >= 11 is 0. The molecule has 1 saturated heterocycles. The van der Waals surface area contributed by atoms with E-state index < -0.39 is 19.6 Å². The van der Waals surface area contributed by atoms with Crippen molar-refractivity contribution in [3.05, 3.63) is 0 Å². The summed E-state index contributed by atoms with van der Waals surface area (Å²) in [5.74, 6) is 0.0894. The Kier molecular flexibility index (Phi) is 7.24. The van der Waals surface area contributed by atoms with Crippen molar-refractivity contribution in [2.24, 2.45) is 11.7 Å². The molecule has 1 amide bonds. The van der Waals surface area contributed by atoms with E-state index in [1.807, 2.05) is 34.6 Å². The molecule has 1 fully saturated rings. The van der Waals surface area contributed by atoms with Gasteiger partial charge < -0.3 is 19.6 Å². The Balaban J connectivity index is 3.24. The van der Waals surface area contributed by atoms with Crippen molar-refractivity contribution in [2.75, 3.05) is 13.2 Å². The van der Waals surface area contributed by atoms with Gasteiger partial charge in [0.05, 0.1) is 18.8 Å². The minimum atomic E-state index is -2.06. The van der Waals surface area contributed by atoms with Gasteiger partial charge in [0.1, 0.15) is 11.3 Å². The molecule has 1 rings (SSSR count). The summed E-state index contributed by atoms with van der Waals surface area (Å²) in [6.45, 7) is 23.5. The second kappa shape index (κ2) is 8.01. The predicted octanol–water partition coefficient (Wildman–Crippen LogP) is 4.34. The normalized spacial score (nSPS) is 23.3. The highest BCUT2D eigenvalue weighted by Crippen LogP contribution is 2.41. The topological polar surface area (TPSA) is 74.0 Å². The lowest BCUT2D eigenvalue weighted by molar-refractivity contribution is -0.0691. The smallest absolute Gasteiger partial charge is 0.412 e. The zero-order chi connectivity index (χ0) is 21.4. The number of hydrogen-bond acceptors (Lipinski definition) is 5. The average Bonchev–Trinajstić information content (AvgIpc) is 2.76. The molecule has 27 heavy (non-hydrogen) atoms. The second-order valence-electron chi connectivity index (χ2n) is 10.7. The van der Waals surface area contributed by atoms with Gasteiger partial charge in [0.15, 0.2) is 8.32 Å². The van der Waals surface area contributed by atoms with Crippen LogP contribution < -0.4 is 5.73 Å². The summed E-state index contributed by atoms with van der Waals surface area (Å²) in [4.78, 5) is 14.7. The van der Waals surface area contributed by atoms with Crippen LogP contribution in [0, 0.1) is 5.92 Å². The van der Waals surface area contributed by atoms with Crippen LogP contribution in [0.25, 0.3) is 0 Å². The zero-order valence-electron chi connectivity index (χ0n) is 19.3. The Hall–Kier alpha value is -0.633. The van der Waals surface area contributed by atoms with Crippen LogP contribution in [0.5, 0.6) is 0 Å². The van der Waals surface area contributed by atoms with Gasteiger partial charge in [-0.1, -0.05) is 27.7 Å². The number of nitrogens with two attached hydrogens (primary N) is 1. The molecule has 0 saturated carbocycles. The van der Waals surface area contributed by atoms with Gasteiger partial charge in [-0.3, -0.25) is 4.90 Å². The summed E-state index contributed by atoms with van der Waals surface area (Å²) in [6.07, 6.45) is -0.576. The third-order valence-electron chi connectivity index (χ3n) is 5.66. The third-order valence-corrected chi connectivity index (χ3v) is 10.1. The molecule has 1 heterocycles. The monoisotopic (exact) mass is 402 g/mol. The van der Waals surface area contributed by atoms with Gasteiger partial charge in [0.25, 0.3) is 0 Å². The molecule has 0 aromatic heterocycles. The molecule has 2 N–H and O–H groups in total. The van der Waals surface area contributed by atoms with Crippen molar-refractivity contribution in [3.63, 3.8) is 0 Å². The van der Waals surface area contributed by atoms with Gasteiger partial charge in [0, 0.05) is 0 Å². The van der Waals surface area contributed by atoms with Crippen LogP contribution >= 0.6 is 0 Å². The fourth-order valence-corrected chi connectivity index (χ4v) is 4.39. The maximum atomic E-state index is 13.0. The van der Waals surface area contributed by atoms with E-state index in [2.05, 4.69) is 40.8 Å². The number of rotatable bonds is 5. The molecule has 1 aliphatic rings. The molecular weight excluding hydrogens is 360 g/mol. The Morgan fingerprint density at radius 3 is 2.19 bits per heavy atom. The van der Waals surface area contributed by atoms with Crippen LogP contribution in [0.4, 0.5) is 4.79 Å². The van der Waals surface area contributed by atoms with Crippen LogP contribution in [0.1, 0.15) is 62.3 Å². The van der Waals surface area contributed by atoms with Gasteiger partial charge in [0.2, 0.25) is 0 Å². The Morgan fingerprint density at radius 2 is 1.78 bits per heavy atom. The Labute approximate surface area is 167 Å². The van der Waals surface area contributed by atoms with Crippen LogP contribution in [0.2, 0.25) is 18.1 Å². The molecule has 7 heteroatoms. The highest BCUT2D eigenvalue weighted by atomic mass is 28.4. The summed E-state index contributed by atoms with van der Waals surface area (Å²) < 4.78 is 18.4. The molecule has 0 spiro atoms. The van der Waals surface area contributed by atoms with Gasteiger partial charge in [-0.25, -0.2) is 4.79 Å². The highest BCUT2D eigenvalue weighted by Gasteiger charge is 2.52. The van der Waals surface area contributed by atoms with Crippen molar-refractivity contribution in [1.29, 1.82) is 0 Å². The first-order valence-electron chi connectivity index (χ1n) is 9.97. The van der Waals surface area contributed by atoms with E-state index in [9.17, 15) is 4.79 Å². The number of hydrogen-bond donors (Lipinski definition) is 1. The Bertz CT molecular complexity index is 523. The first-order valence-corrected chi connectivity index (χ1v) is 12.9. The van der Waals surface area contributed by atoms with Crippen LogP contribution in [0.15, 0.2) is 0 Å². The lowest BCUT2D eigenvalue weighted by Crippen LogP contribution is -2.58. The van der Waals surface area contributed by atoms with E-state index >= 15 is 0 Å². The van der Waals surface area contributed by atoms with Gasteiger partial charge in [-0.2, -0.15) is 0 Å². The minimum absolute atomic E-state index is 0.0608. The molecule has 3 atom stereocenters. The third kappa shape index (κ3) is 5.92. The van der Waals surface area contributed by atoms with Crippen LogP contribution in [-0.2, 0) is 13.9 Å². The first-order chi connectivity index (χ1) is 11.9. The van der Waals surface area contributed by atoms with Crippen molar-refractivity contribution in [1.82, 2.24) is 4.90 Å². The second-order valence-corrected chi connectivity index (χ2v) is 15.5. The molecule has 1 aliphatic heterocycles. The molecular formula is C20H42N2O4Si. The molecule has 0 bridgehead atoms. The lowest BCUT2D eigenvalue weighted by atomic mass is 9.97. The standard InChI is InChI=1S/C20H42N2O4Si/c1-14(12-21)16(26-27(10,11)19(5,6)7)15-13-24-20(8,9)22(15)17(23)25-18(2,3)4/h14-16H,12-13,21H2,1-11H3/t14-,15+,16+/m0/s1. The van der Waals surface area contributed by atoms with Crippen LogP contribution in [-0.4, -0.2) is 55.9 Å². The SMILES string of the molecule is C[C@@H](CN)[C@@H](O[Si](C)(C)C(C)(C)C)[C@H]1COC(C)(C)N1C(=O)OC(C)(C)C. The van der Waals surface area contributed by atoms with E-state index in [1.54, 1.807) is 4.90 Å². The number of ether oxygens (including phenoxy) is 2. The van der Waals surface area contributed by atoms with Crippen LogP contribution in [0.3, 0.4) is 0 Å². The van der Waals surface area contributed by atoms with Crippen molar-refractivity contribution in [2.45, 2.75) is 104 Å². The van der Waals surface area contributed by atoms with E-state index in [0.717, 1.165) is 0 Å². The summed E-state index contributed by atoms with van der Waals surface area (Å²) in [5.41, 5.74) is 4.69. The van der Waals surface area contributed by atoms with Gasteiger partial charge in [-0.15, -0.1) is 0 Å². The van der Waals surface area contributed by atoms with Crippen molar-refractivity contribution < 1.29 is 18.7 Å².